The number of allylic oxidation sites excluding steroid dienone is 4. The first kappa shape index (κ1) is 21.2. The van der Waals surface area contributed by atoms with Crippen LogP contribution >= 0.6 is 0 Å². The summed E-state index contributed by atoms with van der Waals surface area (Å²) in [5.74, 6) is 2.53. The fourth-order valence-electron chi connectivity index (χ4n) is 5.06. The van der Waals surface area contributed by atoms with E-state index in [9.17, 15) is 13.2 Å². The molecular weight excluding hydrogens is 357 g/mol. The van der Waals surface area contributed by atoms with Crippen LogP contribution in [0.5, 0.6) is 0 Å². The monoisotopic (exact) mass is 390 g/mol. The Morgan fingerprint density at radius 3 is 2.25 bits per heavy atom. The molecule has 0 aromatic heterocycles. The number of alkyl halides is 3. The molecule has 3 rings (SSSR count). The third-order valence-electron chi connectivity index (χ3n) is 6.81. The molecule has 3 heteroatoms. The highest BCUT2D eigenvalue weighted by Crippen LogP contribution is 2.42. The van der Waals surface area contributed by atoms with Gasteiger partial charge in [0.2, 0.25) is 0 Å². The molecule has 0 spiro atoms. The molecule has 1 aromatic carbocycles. The van der Waals surface area contributed by atoms with E-state index in [-0.39, 0.29) is 0 Å². The molecule has 28 heavy (non-hydrogen) atoms. The van der Waals surface area contributed by atoms with Crippen molar-refractivity contribution in [3.8, 4) is 0 Å². The first-order valence-electron chi connectivity index (χ1n) is 10.9. The lowest BCUT2D eigenvalue weighted by atomic mass is 9.70. The Morgan fingerprint density at radius 2 is 1.68 bits per heavy atom. The molecule has 1 saturated carbocycles. The van der Waals surface area contributed by atoms with Crippen molar-refractivity contribution in [2.24, 2.45) is 17.8 Å². The van der Waals surface area contributed by atoms with Gasteiger partial charge in [0.15, 0.2) is 0 Å². The van der Waals surface area contributed by atoms with Crippen LogP contribution < -0.4 is 0 Å². The smallest absolute Gasteiger partial charge is 0.166 e. The van der Waals surface area contributed by atoms with Gasteiger partial charge in [-0.05, 0) is 92.9 Å². The van der Waals surface area contributed by atoms with Gasteiger partial charge in [0.25, 0.3) is 0 Å². The second-order valence-corrected chi connectivity index (χ2v) is 8.62. The summed E-state index contributed by atoms with van der Waals surface area (Å²) in [6.07, 6.45) is 15.1. The summed E-state index contributed by atoms with van der Waals surface area (Å²) in [7, 11) is 0. The summed E-state index contributed by atoms with van der Waals surface area (Å²) in [5, 5.41) is 0. The first-order valence-corrected chi connectivity index (χ1v) is 10.9. The number of hydrogen-bond acceptors (Lipinski definition) is 0. The van der Waals surface area contributed by atoms with Gasteiger partial charge < -0.3 is 0 Å². The Labute approximate surface area is 167 Å². The zero-order chi connectivity index (χ0) is 20.0. The average Bonchev–Trinajstić information content (AvgIpc) is 2.71. The molecule has 1 atom stereocenters. The SMILES string of the molecule is C/C=C/CCCC1CCC(C2CC=C(c3ccc(C(F)(F)F)cc3)CC2)CC1. The van der Waals surface area contributed by atoms with Crippen LogP contribution in [-0.4, -0.2) is 0 Å². The van der Waals surface area contributed by atoms with E-state index in [0.29, 0.717) is 0 Å². The van der Waals surface area contributed by atoms with E-state index in [4.69, 9.17) is 0 Å². The number of unbranched alkanes of at least 4 members (excludes halogenated alkanes) is 1. The fraction of sp³-hybridized carbons (Fsp3) is 0.600. The molecule has 2 aliphatic carbocycles. The van der Waals surface area contributed by atoms with Crippen molar-refractivity contribution in [1.29, 1.82) is 0 Å². The van der Waals surface area contributed by atoms with Gasteiger partial charge in [-0.2, -0.15) is 13.2 Å². The fourth-order valence-corrected chi connectivity index (χ4v) is 5.06. The van der Waals surface area contributed by atoms with Crippen LogP contribution in [0.4, 0.5) is 13.2 Å². The van der Waals surface area contributed by atoms with Crippen molar-refractivity contribution in [3.63, 3.8) is 0 Å². The van der Waals surface area contributed by atoms with Crippen LogP contribution in [0.25, 0.3) is 5.57 Å². The van der Waals surface area contributed by atoms with E-state index < -0.39 is 11.7 Å². The van der Waals surface area contributed by atoms with Crippen molar-refractivity contribution < 1.29 is 13.2 Å². The minimum absolute atomic E-state index is 0.562. The van der Waals surface area contributed by atoms with Crippen LogP contribution in [0.1, 0.15) is 82.3 Å². The summed E-state index contributed by atoms with van der Waals surface area (Å²) < 4.78 is 38.2. The lowest BCUT2D eigenvalue weighted by Crippen LogP contribution is -2.23. The van der Waals surface area contributed by atoms with E-state index in [2.05, 4.69) is 25.2 Å². The molecular formula is C25H33F3. The molecule has 1 fully saturated rings. The molecule has 0 bridgehead atoms. The van der Waals surface area contributed by atoms with Gasteiger partial charge in [0.1, 0.15) is 0 Å². The summed E-state index contributed by atoms with van der Waals surface area (Å²) in [6, 6.07) is 5.68. The topological polar surface area (TPSA) is 0 Å². The Kier molecular flexibility index (Phi) is 7.42. The lowest BCUT2D eigenvalue weighted by Gasteiger charge is -2.35. The van der Waals surface area contributed by atoms with Gasteiger partial charge in [-0.1, -0.05) is 49.6 Å². The van der Waals surface area contributed by atoms with Crippen molar-refractivity contribution in [3.05, 3.63) is 53.6 Å². The van der Waals surface area contributed by atoms with Gasteiger partial charge >= 0.3 is 6.18 Å². The van der Waals surface area contributed by atoms with Gasteiger partial charge in [-0.15, -0.1) is 0 Å². The summed E-state index contributed by atoms with van der Waals surface area (Å²) in [5.41, 5.74) is 1.62. The van der Waals surface area contributed by atoms with E-state index in [1.807, 2.05) is 0 Å². The normalized spacial score (nSPS) is 26.4. The second kappa shape index (κ2) is 9.80. The average molecular weight is 391 g/mol. The Morgan fingerprint density at radius 1 is 0.964 bits per heavy atom. The maximum absolute atomic E-state index is 12.7. The van der Waals surface area contributed by atoms with Crippen LogP contribution in [0.2, 0.25) is 0 Å². The Hall–Kier alpha value is -1.51. The highest BCUT2D eigenvalue weighted by atomic mass is 19.4. The molecule has 0 nitrogen and oxygen atoms in total. The highest BCUT2D eigenvalue weighted by molar-refractivity contribution is 5.66. The second-order valence-electron chi connectivity index (χ2n) is 8.62. The molecule has 0 aliphatic heterocycles. The number of rotatable bonds is 6. The molecule has 1 unspecified atom stereocenters. The Balaban J connectivity index is 1.46. The number of halogens is 3. The van der Waals surface area contributed by atoms with Gasteiger partial charge in [-0.3, -0.25) is 0 Å². The van der Waals surface area contributed by atoms with Crippen molar-refractivity contribution in [1.82, 2.24) is 0 Å². The third-order valence-corrected chi connectivity index (χ3v) is 6.81. The largest absolute Gasteiger partial charge is 0.416 e. The molecule has 2 aliphatic rings. The highest BCUT2D eigenvalue weighted by Gasteiger charge is 2.31. The van der Waals surface area contributed by atoms with Crippen LogP contribution in [-0.2, 0) is 6.18 Å². The van der Waals surface area contributed by atoms with Crippen LogP contribution in [0, 0.1) is 17.8 Å². The maximum Gasteiger partial charge on any atom is 0.416 e. The third kappa shape index (κ3) is 5.75. The van der Waals surface area contributed by atoms with E-state index in [0.717, 1.165) is 36.2 Å². The first-order chi connectivity index (χ1) is 13.5. The molecule has 0 saturated heterocycles. The van der Waals surface area contributed by atoms with Crippen molar-refractivity contribution in [2.45, 2.75) is 77.3 Å². The van der Waals surface area contributed by atoms with Crippen LogP contribution in [0.15, 0.2) is 42.5 Å². The molecule has 0 amide bonds. The molecule has 1 aromatic rings. The number of benzene rings is 1. The lowest BCUT2D eigenvalue weighted by molar-refractivity contribution is -0.137. The van der Waals surface area contributed by atoms with Gasteiger partial charge in [0, 0.05) is 0 Å². The van der Waals surface area contributed by atoms with E-state index in [1.165, 1.54) is 69.1 Å². The van der Waals surface area contributed by atoms with Crippen LogP contribution in [0.3, 0.4) is 0 Å². The molecule has 0 radical (unpaired) electrons. The van der Waals surface area contributed by atoms with Gasteiger partial charge in [-0.25, -0.2) is 0 Å². The molecule has 0 N–H and O–H groups in total. The minimum Gasteiger partial charge on any atom is -0.166 e. The quantitative estimate of drug-likeness (QED) is 0.338. The minimum atomic E-state index is -4.25. The summed E-state index contributed by atoms with van der Waals surface area (Å²) in [6.45, 7) is 2.09. The van der Waals surface area contributed by atoms with Gasteiger partial charge in [0.05, 0.1) is 5.56 Å². The predicted molar refractivity (Wildman–Crippen MR) is 111 cm³/mol. The Bertz CT molecular complexity index is 658. The zero-order valence-corrected chi connectivity index (χ0v) is 17.0. The van der Waals surface area contributed by atoms with Crippen molar-refractivity contribution in [2.75, 3.05) is 0 Å². The summed E-state index contributed by atoms with van der Waals surface area (Å²) in [4.78, 5) is 0. The zero-order valence-electron chi connectivity index (χ0n) is 17.0. The van der Waals surface area contributed by atoms with E-state index >= 15 is 0 Å². The maximum atomic E-state index is 12.7. The van der Waals surface area contributed by atoms with E-state index in [1.54, 1.807) is 12.1 Å². The molecule has 154 valence electrons. The number of hydrogen-bond donors (Lipinski definition) is 0. The standard InChI is InChI=1S/C25H33F3/c1-2-3-4-5-6-19-7-9-20(10-8-19)21-11-13-22(14-12-21)23-15-17-24(18-16-23)25(26,27)28/h2-3,13,15-21H,4-12,14H2,1H3/b3-2+. The molecule has 0 heterocycles. The van der Waals surface area contributed by atoms with Crippen molar-refractivity contribution >= 4 is 5.57 Å². The predicted octanol–water partition coefficient (Wildman–Crippen LogP) is 8.44. The summed E-state index contributed by atoms with van der Waals surface area (Å²) >= 11 is 0.